The minimum Gasteiger partial charge on any atom is -0.494 e. The van der Waals surface area contributed by atoms with Gasteiger partial charge in [-0.05, 0) is 37.3 Å². The predicted molar refractivity (Wildman–Crippen MR) is 89.1 cm³/mol. The Morgan fingerprint density at radius 3 is 2.55 bits per heavy atom. The zero-order valence-corrected chi connectivity index (χ0v) is 13.9. The number of halogens is 1. The summed E-state index contributed by atoms with van der Waals surface area (Å²) in [7, 11) is 0. The van der Waals surface area contributed by atoms with Crippen molar-refractivity contribution in [2.24, 2.45) is 0 Å². The number of rotatable bonds is 7. The third-order valence-corrected chi connectivity index (χ3v) is 3.46. The number of nitrogens with one attached hydrogen (secondary N) is 1. The van der Waals surface area contributed by atoms with Crippen LogP contribution in [0, 0.1) is 0 Å². The van der Waals surface area contributed by atoms with Gasteiger partial charge in [0, 0.05) is 16.6 Å². The number of hydrogen-bond acceptors (Lipinski definition) is 3. The quantitative estimate of drug-likeness (QED) is 0.818. The van der Waals surface area contributed by atoms with Gasteiger partial charge in [0.15, 0.2) is 6.61 Å². The zero-order valence-electron chi connectivity index (χ0n) is 12.3. The molecule has 22 heavy (non-hydrogen) atoms. The van der Waals surface area contributed by atoms with Crippen LogP contribution in [-0.4, -0.2) is 19.1 Å². The van der Waals surface area contributed by atoms with Gasteiger partial charge in [0.05, 0.1) is 6.61 Å². The molecule has 1 amide bonds. The molecule has 2 aromatic carbocycles. The summed E-state index contributed by atoms with van der Waals surface area (Å²) in [6.07, 6.45) is 0. The Morgan fingerprint density at radius 1 is 1.09 bits per heavy atom. The molecule has 0 aliphatic carbocycles. The monoisotopic (exact) mass is 363 g/mol. The van der Waals surface area contributed by atoms with Crippen LogP contribution in [0.15, 0.2) is 53.0 Å². The van der Waals surface area contributed by atoms with E-state index in [0.29, 0.717) is 18.9 Å². The molecule has 0 aliphatic heterocycles. The second-order valence-corrected chi connectivity index (χ2v) is 5.48. The summed E-state index contributed by atoms with van der Waals surface area (Å²) in [5.41, 5.74) is 0.946. The fourth-order valence-corrected chi connectivity index (χ4v) is 2.14. The van der Waals surface area contributed by atoms with E-state index in [-0.39, 0.29) is 12.5 Å². The Morgan fingerprint density at radius 2 is 1.82 bits per heavy atom. The Kier molecular flexibility index (Phi) is 6.27. The molecule has 0 saturated carbocycles. The van der Waals surface area contributed by atoms with E-state index >= 15 is 0 Å². The van der Waals surface area contributed by atoms with Crippen LogP contribution in [0.2, 0.25) is 0 Å². The minimum absolute atomic E-state index is 0.0154. The summed E-state index contributed by atoms with van der Waals surface area (Å²) in [5.74, 6) is 1.28. The third kappa shape index (κ3) is 5.07. The lowest BCUT2D eigenvalue weighted by atomic mass is 10.2. The van der Waals surface area contributed by atoms with Crippen LogP contribution in [0.5, 0.6) is 11.5 Å². The summed E-state index contributed by atoms with van der Waals surface area (Å²) in [6, 6.07) is 15.0. The molecule has 0 spiro atoms. The van der Waals surface area contributed by atoms with Crippen molar-refractivity contribution in [3.05, 3.63) is 58.6 Å². The summed E-state index contributed by atoms with van der Waals surface area (Å²) in [6.45, 7) is 2.93. The molecule has 0 unspecified atom stereocenters. The largest absolute Gasteiger partial charge is 0.494 e. The molecular weight excluding hydrogens is 346 g/mol. The Balaban J connectivity index is 1.81. The Hall–Kier alpha value is -2.01. The number of amides is 1. The van der Waals surface area contributed by atoms with Crippen molar-refractivity contribution in [3.63, 3.8) is 0 Å². The zero-order chi connectivity index (χ0) is 15.8. The van der Waals surface area contributed by atoms with Crippen LogP contribution in [0.3, 0.4) is 0 Å². The fourth-order valence-electron chi connectivity index (χ4n) is 1.87. The van der Waals surface area contributed by atoms with Crippen LogP contribution in [0.4, 0.5) is 0 Å². The molecule has 2 aromatic rings. The van der Waals surface area contributed by atoms with Crippen LogP contribution in [0.1, 0.15) is 12.5 Å². The highest BCUT2D eigenvalue weighted by Crippen LogP contribution is 2.18. The molecule has 0 saturated heterocycles. The molecule has 1 N–H and O–H groups in total. The molecule has 2 rings (SSSR count). The Bertz CT molecular complexity index is 614. The van der Waals surface area contributed by atoms with Gasteiger partial charge in [0.2, 0.25) is 0 Å². The average molecular weight is 364 g/mol. The number of ether oxygens (including phenoxy) is 2. The van der Waals surface area contributed by atoms with Gasteiger partial charge in [0.1, 0.15) is 11.5 Å². The van der Waals surface area contributed by atoms with E-state index in [0.717, 1.165) is 15.8 Å². The van der Waals surface area contributed by atoms with Crippen LogP contribution in [-0.2, 0) is 11.3 Å². The number of carbonyl (C=O) groups excluding carboxylic acids is 1. The van der Waals surface area contributed by atoms with E-state index in [1.165, 1.54) is 0 Å². The van der Waals surface area contributed by atoms with Crippen molar-refractivity contribution >= 4 is 21.8 Å². The first-order valence-electron chi connectivity index (χ1n) is 7.05. The van der Waals surface area contributed by atoms with Gasteiger partial charge in [-0.25, -0.2) is 0 Å². The molecule has 0 heterocycles. The summed E-state index contributed by atoms with van der Waals surface area (Å²) in [4.78, 5) is 11.8. The van der Waals surface area contributed by atoms with Crippen molar-refractivity contribution in [2.75, 3.05) is 13.2 Å². The normalized spacial score (nSPS) is 10.1. The highest BCUT2D eigenvalue weighted by molar-refractivity contribution is 9.10. The van der Waals surface area contributed by atoms with Gasteiger partial charge >= 0.3 is 0 Å². The van der Waals surface area contributed by atoms with E-state index < -0.39 is 0 Å². The molecule has 0 fully saturated rings. The third-order valence-electron chi connectivity index (χ3n) is 2.93. The van der Waals surface area contributed by atoms with Crippen LogP contribution >= 0.6 is 15.9 Å². The Labute approximate surface area is 138 Å². The lowest BCUT2D eigenvalue weighted by molar-refractivity contribution is -0.123. The second kappa shape index (κ2) is 8.44. The SMILES string of the molecule is CCOc1ccccc1CNC(=O)COc1ccc(Br)cc1. The van der Waals surface area contributed by atoms with Crippen molar-refractivity contribution in [3.8, 4) is 11.5 Å². The molecule has 0 aliphatic rings. The van der Waals surface area contributed by atoms with Crippen molar-refractivity contribution < 1.29 is 14.3 Å². The van der Waals surface area contributed by atoms with Crippen LogP contribution < -0.4 is 14.8 Å². The first-order chi connectivity index (χ1) is 10.7. The number of carbonyl (C=O) groups is 1. The van der Waals surface area contributed by atoms with E-state index in [4.69, 9.17) is 9.47 Å². The van der Waals surface area contributed by atoms with Crippen molar-refractivity contribution in [2.45, 2.75) is 13.5 Å². The van der Waals surface area contributed by atoms with Crippen molar-refractivity contribution in [1.82, 2.24) is 5.32 Å². The number of benzene rings is 2. The number of hydrogen-bond donors (Lipinski definition) is 1. The molecule has 5 heteroatoms. The minimum atomic E-state index is -0.172. The van der Waals surface area contributed by atoms with E-state index in [9.17, 15) is 4.79 Å². The fraction of sp³-hybridized carbons (Fsp3) is 0.235. The highest BCUT2D eigenvalue weighted by Gasteiger charge is 2.06. The molecule has 0 radical (unpaired) electrons. The first kappa shape index (κ1) is 16.4. The van der Waals surface area contributed by atoms with Gasteiger partial charge in [-0.1, -0.05) is 34.1 Å². The summed E-state index contributed by atoms with van der Waals surface area (Å²) < 4.78 is 11.9. The topological polar surface area (TPSA) is 47.6 Å². The van der Waals surface area contributed by atoms with E-state index in [1.54, 1.807) is 0 Å². The maximum atomic E-state index is 11.8. The maximum Gasteiger partial charge on any atom is 0.258 e. The summed E-state index contributed by atoms with van der Waals surface area (Å²) in [5, 5.41) is 2.83. The predicted octanol–water partition coefficient (Wildman–Crippen LogP) is 3.54. The van der Waals surface area contributed by atoms with E-state index in [2.05, 4.69) is 21.2 Å². The van der Waals surface area contributed by atoms with Gasteiger partial charge < -0.3 is 14.8 Å². The van der Waals surface area contributed by atoms with E-state index in [1.807, 2.05) is 55.5 Å². The van der Waals surface area contributed by atoms with Gasteiger partial charge in [0.25, 0.3) is 5.91 Å². The van der Waals surface area contributed by atoms with Crippen LogP contribution in [0.25, 0.3) is 0 Å². The van der Waals surface area contributed by atoms with Gasteiger partial charge in [-0.3, -0.25) is 4.79 Å². The first-order valence-corrected chi connectivity index (χ1v) is 7.84. The molecule has 4 nitrogen and oxygen atoms in total. The second-order valence-electron chi connectivity index (χ2n) is 4.56. The molecule has 116 valence electrons. The molecule has 0 aromatic heterocycles. The molecule has 0 atom stereocenters. The lowest BCUT2D eigenvalue weighted by Crippen LogP contribution is -2.28. The summed E-state index contributed by atoms with van der Waals surface area (Å²) >= 11 is 3.35. The molecule has 0 bridgehead atoms. The molecular formula is C17H18BrNO3. The standard InChI is InChI=1S/C17H18BrNO3/c1-2-21-16-6-4-3-5-13(16)11-19-17(20)12-22-15-9-7-14(18)8-10-15/h3-10H,2,11-12H2,1H3,(H,19,20). The smallest absolute Gasteiger partial charge is 0.258 e. The maximum absolute atomic E-state index is 11.8. The van der Waals surface area contributed by atoms with Crippen molar-refractivity contribution in [1.29, 1.82) is 0 Å². The average Bonchev–Trinajstić information content (AvgIpc) is 2.54. The highest BCUT2D eigenvalue weighted by atomic mass is 79.9. The number of para-hydroxylation sites is 1. The van der Waals surface area contributed by atoms with Gasteiger partial charge in [-0.15, -0.1) is 0 Å². The van der Waals surface area contributed by atoms with Gasteiger partial charge in [-0.2, -0.15) is 0 Å². The lowest BCUT2D eigenvalue weighted by Gasteiger charge is -2.11.